The summed E-state index contributed by atoms with van der Waals surface area (Å²) in [5, 5.41) is 33.5. The molecule has 4 N–H and O–H groups in total. The van der Waals surface area contributed by atoms with Crippen molar-refractivity contribution in [1.82, 2.24) is 5.32 Å². The Labute approximate surface area is 254 Å². The van der Waals surface area contributed by atoms with E-state index in [1.807, 2.05) is 0 Å². The quantitative estimate of drug-likeness (QED) is 0.270. The lowest BCUT2D eigenvalue weighted by molar-refractivity contribution is -0.284. The molecular formula is C35H59NO6. The average molecular weight is 590 g/mol. The van der Waals surface area contributed by atoms with Gasteiger partial charge in [0.2, 0.25) is 5.91 Å². The molecule has 42 heavy (non-hydrogen) atoms. The Morgan fingerprint density at radius 1 is 1.07 bits per heavy atom. The van der Waals surface area contributed by atoms with Crippen LogP contribution in [0.2, 0.25) is 0 Å². The molecule has 1 amide bonds. The minimum absolute atomic E-state index is 0.0969. The van der Waals surface area contributed by atoms with Crippen LogP contribution in [0.3, 0.4) is 0 Å². The van der Waals surface area contributed by atoms with Gasteiger partial charge in [-0.25, -0.2) is 0 Å². The maximum atomic E-state index is 11.9. The van der Waals surface area contributed by atoms with Crippen LogP contribution in [-0.4, -0.2) is 64.6 Å². The summed E-state index contributed by atoms with van der Waals surface area (Å²) in [6.07, 6.45) is 11.5. The zero-order chi connectivity index (χ0) is 30.4. The Hall–Kier alpha value is -0.990. The molecule has 5 aliphatic rings. The first-order chi connectivity index (χ1) is 19.9. The summed E-state index contributed by atoms with van der Waals surface area (Å²) in [7, 11) is 0. The molecule has 5 rings (SSSR count). The van der Waals surface area contributed by atoms with Gasteiger partial charge in [0.25, 0.3) is 0 Å². The van der Waals surface area contributed by atoms with Gasteiger partial charge in [0, 0.05) is 6.92 Å². The van der Waals surface area contributed by atoms with E-state index in [1.54, 1.807) is 0 Å². The minimum Gasteiger partial charge on any atom is -0.394 e. The highest BCUT2D eigenvalue weighted by atomic mass is 16.7. The summed E-state index contributed by atoms with van der Waals surface area (Å²) in [5.41, 5.74) is 2.18. The Morgan fingerprint density at radius 3 is 2.52 bits per heavy atom. The van der Waals surface area contributed by atoms with Crippen molar-refractivity contribution in [1.29, 1.82) is 0 Å². The number of amides is 1. The largest absolute Gasteiger partial charge is 0.394 e. The molecule has 0 radical (unpaired) electrons. The molecule has 1 saturated heterocycles. The number of rotatable bonds is 9. The number of ether oxygens (including phenoxy) is 2. The lowest BCUT2D eigenvalue weighted by atomic mass is 9.47. The highest BCUT2D eigenvalue weighted by Crippen LogP contribution is 2.67. The molecule has 0 spiro atoms. The fourth-order valence-electron chi connectivity index (χ4n) is 10.5. The summed E-state index contributed by atoms with van der Waals surface area (Å²) in [5.74, 6) is 4.48. The summed E-state index contributed by atoms with van der Waals surface area (Å²) < 4.78 is 12.3. The number of hydrogen-bond donors (Lipinski definition) is 4. The fraction of sp³-hybridized carbons (Fsp3) is 0.914. The molecule has 7 nitrogen and oxygen atoms in total. The first-order valence-corrected chi connectivity index (χ1v) is 17.1. The number of allylic oxidation sites excluding steroid dienone is 1. The molecule has 0 bridgehead atoms. The molecule has 4 aliphatic carbocycles. The number of carbonyl (C=O) groups excluding carboxylic acids is 1. The molecule has 0 unspecified atom stereocenters. The van der Waals surface area contributed by atoms with Gasteiger partial charge >= 0.3 is 0 Å². The maximum Gasteiger partial charge on any atom is 0.217 e. The van der Waals surface area contributed by atoms with Crippen molar-refractivity contribution in [2.75, 3.05) is 6.61 Å². The lowest BCUT2D eigenvalue weighted by Gasteiger charge is -2.58. The fourth-order valence-corrected chi connectivity index (χ4v) is 10.5. The van der Waals surface area contributed by atoms with E-state index in [0.29, 0.717) is 5.41 Å². The van der Waals surface area contributed by atoms with Gasteiger partial charge in [-0.2, -0.15) is 0 Å². The molecule has 0 aromatic heterocycles. The standard InChI is InChI=1S/C35H59NO6/c1-20(2)8-7-9-21(3)26-12-13-27-25-11-10-23-18-24(14-16-34(23,5)28(25)15-17-35(26,27)6)41-33-30(36-22(4)38)32(40)31(39)29(19-37)42-33/h10,20-21,24-33,37,39-40H,7-9,11-19H2,1-6H3,(H,36,38)/t21-,24+,25-,26+,27-,28-,29+,30+,31+,32+,33+,34-,35+/m0/s1. The van der Waals surface area contributed by atoms with Gasteiger partial charge < -0.3 is 30.1 Å². The molecule has 3 saturated carbocycles. The molecule has 1 heterocycles. The van der Waals surface area contributed by atoms with Gasteiger partial charge in [-0.3, -0.25) is 4.79 Å². The van der Waals surface area contributed by atoms with Crippen LogP contribution in [0.25, 0.3) is 0 Å². The van der Waals surface area contributed by atoms with Crippen molar-refractivity contribution < 1.29 is 29.6 Å². The lowest BCUT2D eigenvalue weighted by Crippen LogP contribution is -2.65. The topological polar surface area (TPSA) is 108 Å². The van der Waals surface area contributed by atoms with E-state index < -0.39 is 37.3 Å². The van der Waals surface area contributed by atoms with E-state index >= 15 is 0 Å². The summed E-state index contributed by atoms with van der Waals surface area (Å²) >= 11 is 0. The molecule has 1 aliphatic heterocycles. The second-order valence-electron chi connectivity index (χ2n) is 15.7. The number of aliphatic hydroxyl groups is 3. The van der Waals surface area contributed by atoms with E-state index in [0.717, 1.165) is 54.8 Å². The van der Waals surface area contributed by atoms with Crippen LogP contribution in [0.15, 0.2) is 11.6 Å². The highest BCUT2D eigenvalue weighted by molar-refractivity contribution is 5.73. The number of carbonyl (C=O) groups is 1. The third kappa shape index (κ3) is 5.99. The van der Waals surface area contributed by atoms with E-state index in [4.69, 9.17) is 9.47 Å². The van der Waals surface area contributed by atoms with Gasteiger partial charge in [0.15, 0.2) is 6.29 Å². The van der Waals surface area contributed by atoms with Gasteiger partial charge in [-0.15, -0.1) is 0 Å². The van der Waals surface area contributed by atoms with E-state index in [1.165, 1.54) is 63.9 Å². The third-order valence-corrected chi connectivity index (χ3v) is 12.8. The van der Waals surface area contributed by atoms with Crippen molar-refractivity contribution >= 4 is 5.91 Å². The van der Waals surface area contributed by atoms with Gasteiger partial charge in [0.05, 0.1) is 12.7 Å². The van der Waals surface area contributed by atoms with E-state index in [2.05, 4.69) is 46.0 Å². The van der Waals surface area contributed by atoms with Crippen LogP contribution in [0, 0.1) is 46.3 Å². The van der Waals surface area contributed by atoms with Crippen molar-refractivity contribution in [2.24, 2.45) is 46.3 Å². The third-order valence-electron chi connectivity index (χ3n) is 12.8. The molecule has 0 aromatic carbocycles. The van der Waals surface area contributed by atoms with Crippen LogP contribution >= 0.6 is 0 Å². The Balaban J connectivity index is 1.26. The normalized spacial score (nSPS) is 45.9. The van der Waals surface area contributed by atoms with Crippen LogP contribution < -0.4 is 5.32 Å². The van der Waals surface area contributed by atoms with Crippen LogP contribution in [0.4, 0.5) is 0 Å². The van der Waals surface area contributed by atoms with Crippen molar-refractivity contribution in [3.8, 4) is 0 Å². The van der Waals surface area contributed by atoms with Crippen molar-refractivity contribution in [3.05, 3.63) is 11.6 Å². The predicted molar refractivity (Wildman–Crippen MR) is 163 cm³/mol. The monoisotopic (exact) mass is 589 g/mol. The average Bonchev–Trinajstić information content (AvgIpc) is 3.29. The van der Waals surface area contributed by atoms with E-state index in [9.17, 15) is 20.1 Å². The van der Waals surface area contributed by atoms with Gasteiger partial charge in [-0.1, -0.05) is 65.5 Å². The Bertz CT molecular complexity index is 985. The molecule has 240 valence electrons. The molecule has 4 fully saturated rings. The molecule has 13 atom stereocenters. The second kappa shape index (κ2) is 12.8. The highest BCUT2D eigenvalue weighted by Gasteiger charge is 2.59. The first kappa shape index (κ1) is 32.4. The first-order valence-electron chi connectivity index (χ1n) is 17.1. The smallest absolute Gasteiger partial charge is 0.217 e. The zero-order valence-corrected chi connectivity index (χ0v) is 27.1. The minimum atomic E-state index is -1.30. The zero-order valence-electron chi connectivity index (χ0n) is 27.1. The van der Waals surface area contributed by atoms with Gasteiger partial charge in [-0.05, 0) is 97.7 Å². The number of fused-ring (bicyclic) bond motifs is 5. The SMILES string of the molecule is CC(=O)N[C@H]1[C@H](O[C@@H]2CC[C@@]3(C)C(=CC[C@H]4[C@@H]5CC[C@H]([C@@H](C)CCCC(C)C)[C@@]5(C)CC[C@@H]43)C2)O[C@H](CO)[C@@H](O)[C@@H]1O. The van der Waals surface area contributed by atoms with Crippen LogP contribution in [0.1, 0.15) is 112 Å². The Kier molecular flexibility index (Phi) is 9.86. The maximum absolute atomic E-state index is 11.9. The molecular weight excluding hydrogens is 530 g/mol. The number of nitrogens with one attached hydrogen (secondary N) is 1. The second-order valence-corrected chi connectivity index (χ2v) is 15.7. The molecule has 7 heteroatoms. The van der Waals surface area contributed by atoms with Crippen molar-refractivity contribution in [2.45, 2.75) is 149 Å². The summed E-state index contributed by atoms with van der Waals surface area (Å²) in [6.45, 7) is 13.3. The number of hydrogen-bond acceptors (Lipinski definition) is 6. The Morgan fingerprint density at radius 2 is 1.83 bits per heavy atom. The number of aliphatic hydroxyl groups excluding tert-OH is 3. The van der Waals surface area contributed by atoms with Crippen LogP contribution in [0.5, 0.6) is 0 Å². The summed E-state index contributed by atoms with van der Waals surface area (Å²) in [4.78, 5) is 11.9. The molecule has 0 aromatic rings. The van der Waals surface area contributed by atoms with Crippen molar-refractivity contribution in [3.63, 3.8) is 0 Å². The summed E-state index contributed by atoms with van der Waals surface area (Å²) in [6, 6.07) is -0.891. The van der Waals surface area contributed by atoms with Gasteiger partial charge in [0.1, 0.15) is 24.4 Å². The predicted octanol–water partition coefficient (Wildman–Crippen LogP) is 5.36. The van der Waals surface area contributed by atoms with E-state index in [-0.39, 0.29) is 17.4 Å². The van der Waals surface area contributed by atoms with Crippen LogP contribution in [-0.2, 0) is 14.3 Å².